The number of imidazole rings is 1. The molecule has 1 aliphatic rings. The fourth-order valence-corrected chi connectivity index (χ4v) is 3.26. The maximum Gasteiger partial charge on any atom is 0.354 e. The molecule has 1 N–H and O–H groups in total. The summed E-state index contributed by atoms with van der Waals surface area (Å²) in [5, 5.41) is 9.41. The molecule has 0 aliphatic carbocycles. The summed E-state index contributed by atoms with van der Waals surface area (Å²) in [5.41, 5.74) is 3.67. The predicted molar refractivity (Wildman–Crippen MR) is 82.2 cm³/mol. The highest BCUT2D eigenvalue weighted by Gasteiger charge is 2.21. The van der Waals surface area contributed by atoms with E-state index >= 15 is 0 Å². The van der Waals surface area contributed by atoms with Gasteiger partial charge in [0.1, 0.15) is 5.65 Å². The SMILES string of the molecule is Cc1nc2c(C)cc(N3CCCC(C)C3)cn2c1C(=O)O. The summed E-state index contributed by atoms with van der Waals surface area (Å²) in [4.78, 5) is 18.2. The molecule has 0 amide bonds. The number of hydrogen-bond donors (Lipinski definition) is 1. The molecule has 1 saturated heterocycles. The number of aromatic carboxylic acids is 1. The third-order valence-corrected chi connectivity index (χ3v) is 4.29. The molecule has 0 radical (unpaired) electrons. The zero-order chi connectivity index (χ0) is 15.1. The molecule has 2 aromatic heterocycles. The molecule has 1 fully saturated rings. The van der Waals surface area contributed by atoms with Crippen molar-refractivity contribution >= 4 is 17.3 Å². The Kier molecular flexibility index (Phi) is 3.35. The van der Waals surface area contributed by atoms with Crippen LogP contribution in [0.5, 0.6) is 0 Å². The Hall–Kier alpha value is -2.04. The number of fused-ring (bicyclic) bond motifs is 1. The normalized spacial score (nSPS) is 19.2. The smallest absolute Gasteiger partial charge is 0.354 e. The van der Waals surface area contributed by atoms with Crippen molar-refractivity contribution in [3.63, 3.8) is 0 Å². The maximum absolute atomic E-state index is 11.5. The number of hydrogen-bond acceptors (Lipinski definition) is 3. The van der Waals surface area contributed by atoms with Crippen molar-refractivity contribution in [2.24, 2.45) is 5.92 Å². The fraction of sp³-hybridized carbons (Fsp3) is 0.500. The van der Waals surface area contributed by atoms with Crippen molar-refractivity contribution in [3.8, 4) is 0 Å². The number of nitrogens with zero attached hydrogens (tertiary/aromatic N) is 3. The fourth-order valence-electron chi connectivity index (χ4n) is 3.26. The first-order valence-corrected chi connectivity index (χ1v) is 7.45. The number of carboxylic acids is 1. The van der Waals surface area contributed by atoms with Crippen LogP contribution in [0.3, 0.4) is 0 Å². The second kappa shape index (κ2) is 5.06. The second-order valence-electron chi connectivity index (χ2n) is 6.12. The number of carboxylic acid groups (broad SMARTS) is 1. The Morgan fingerprint density at radius 1 is 1.43 bits per heavy atom. The average molecular weight is 287 g/mol. The Morgan fingerprint density at radius 3 is 2.86 bits per heavy atom. The van der Waals surface area contributed by atoms with Gasteiger partial charge in [-0.3, -0.25) is 4.40 Å². The lowest BCUT2D eigenvalue weighted by Gasteiger charge is -2.33. The zero-order valence-corrected chi connectivity index (χ0v) is 12.8. The van der Waals surface area contributed by atoms with Gasteiger partial charge in [0.05, 0.1) is 11.4 Å². The largest absolute Gasteiger partial charge is 0.477 e. The van der Waals surface area contributed by atoms with E-state index in [4.69, 9.17) is 0 Å². The molecule has 112 valence electrons. The summed E-state index contributed by atoms with van der Waals surface area (Å²) in [5.74, 6) is -0.248. The van der Waals surface area contributed by atoms with Gasteiger partial charge in [0.15, 0.2) is 5.69 Å². The van der Waals surface area contributed by atoms with Crippen LogP contribution in [-0.4, -0.2) is 33.6 Å². The molecule has 1 atom stereocenters. The van der Waals surface area contributed by atoms with E-state index in [-0.39, 0.29) is 5.69 Å². The van der Waals surface area contributed by atoms with Crippen LogP contribution in [0.15, 0.2) is 12.3 Å². The third kappa shape index (κ3) is 2.37. The van der Waals surface area contributed by atoms with Gasteiger partial charge < -0.3 is 10.0 Å². The summed E-state index contributed by atoms with van der Waals surface area (Å²) in [7, 11) is 0. The van der Waals surface area contributed by atoms with Crippen LogP contribution in [0, 0.1) is 19.8 Å². The molecule has 1 unspecified atom stereocenters. The standard InChI is InChI=1S/C16H21N3O2/c1-10-5-4-6-18(8-10)13-7-11(2)15-17-12(3)14(16(20)21)19(15)9-13/h7,9-10H,4-6,8H2,1-3H3,(H,20,21). The number of rotatable bonds is 2. The average Bonchev–Trinajstić information content (AvgIpc) is 2.75. The molecule has 5 nitrogen and oxygen atoms in total. The van der Waals surface area contributed by atoms with Crippen molar-refractivity contribution in [1.82, 2.24) is 9.38 Å². The quantitative estimate of drug-likeness (QED) is 0.922. The van der Waals surface area contributed by atoms with E-state index in [9.17, 15) is 9.90 Å². The Morgan fingerprint density at radius 2 is 2.19 bits per heavy atom. The minimum atomic E-state index is -0.927. The first-order chi connectivity index (χ1) is 9.97. The number of carbonyl (C=O) groups is 1. The number of aromatic nitrogens is 2. The molecule has 3 rings (SSSR count). The molecule has 2 aromatic rings. The first-order valence-electron chi connectivity index (χ1n) is 7.45. The van der Waals surface area contributed by atoms with Crippen LogP contribution < -0.4 is 4.90 Å². The number of pyridine rings is 1. The van der Waals surface area contributed by atoms with Crippen molar-refractivity contribution in [2.45, 2.75) is 33.6 Å². The highest BCUT2D eigenvalue weighted by molar-refractivity contribution is 5.88. The Balaban J connectivity index is 2.13. The van der Waals surface area contributed by atoms with E-state index in [2.05, 4.69) is 22.9 Å². The van der Waals surface area contributed by atoms with Crippen LogP contribution in [0.2, 0.25) is 0 Å². The zero-order valence-electron chi connectivity index (χ0n) is 12.8. The summed E-state index contributed by atoms with van der Waals surface area (Å²) < 4.78 is 1.72. The predicted octanol–water partition coefficient (Wildman–Crippen LogP) is 2.89. The van der Waals surface area contributed by atoms with Crippen LogP contribution in [0.25, 0.3) is 5.65 Å². The molecule has 21 heavy (non-hydrogen) atoms. The van der Waals surface area contributed by atoms with Gasteiger partial charge in [0.25, 0.3) is 0 Å². The Bertz CT molecular complexity index is 705. The molecular weight excluding hydrogens is 266 g/mol. The monoisotopic (exact) mass is 287 g/mol. The minimum Gasteiger partial charge on any atom is -0.477 e. The molecule has 3 heterocycles. The molecule has 0 spiro atoms. The lowest BCUT2D eigenvalue weighted by Crippen LogP contribution is -2.34. The summed E-state index contributed by atoms with van der Waals surface area (Å²) in [6, 6.07) is 2.12. The van der Waals surface area contributed by atoms with Gasteiger partial charge in [-0.2, -0.15) is 0 Å². The van der Waals surface area contributed by atoms with Gasteiger partial charge in [-0.25, -0.2) is 9.78 Å². The second-order valence-corrected chi connectivity index (χ2v) is 6.12. The molecule has 1 aliphatic heterocycles. The van der Waals surface area contributed by atoms with E-state index in [1.165, 1.54) is 12.8 Å². The van der Waals surface area contributed by atoms with E-state index in [0.717, 1.165) is 30.0 Å². The van der Waals surface area contributed by atoms with Crippen molar-refractivity contribution < 1.29 is 9.90 Å². The van der Waals surface area contributed by atoms with Crippen LogP contribution in [-0.2, 0) is 0 Å². The number of aryl methyl sites for hydroxylation is 2. The van der Waals surface area contributed by atoms with Gasteiger partial charge in [-0.1, -0.05) is 6.92 Å². The first kappa shape index (κ1) is 13.9. The summed E-state index contributed by atoms with van der Waals surface area (Å²) in [6.07, 6.45) is 4.37. The third-order valence-electron chi connectivity index (χ3n) is 4.29. The maximum atomic E-state index is 11.5. The van der Waals surface area contributed by atoms with Crippen LogP contribution in [0.1, 0.15) is 41.5 Å². The van der Waals surface area contributed by atoms with Gasteiger partial charge in [0.2, 0.25) is 0 Å². The molecule has 5 heteroatoms. The molecule has 0 saturated carbocycles. The van der Waals surface area contributed by atoms with Crippen LogP contribution >= 0.6 is 0 Å². The van der Waals surface area contributed by atoms with Crippen molar-refractivity contribution in [3.05, 3.63) is 29.2 Å². The molecular formula is C16H21N3O2. The van der Waals surface area contributed by atoms with E-state index in [1.807, 2.05) is 13.1 Å². The molecule has 0 aromatic carbocycles. The molecule has 0 bridgehead atoms. The topological polar surface area (TPSA) is 57.8 Å². The van der Waals surface area contributed by atoms with Crippen molar-refractivity contribution in [2.75, 3.05) is 18.0 Å². The van der Waals surface area contributed by atoms with E-state index in [1.54, 1.807) is 11.3 Å². The Labute approximate surface area is 124 Å². The minimum absolute atomic E-state index is 0.264. The van der Waals surface area contributed by atoms with E-state index < -0.39 is 5.97 Å². The number of anilines is 1. The lowest BCUT2D eigenvalue weighted by molar-refractivity contribution is 0.0688. The highest BCUT2D eigenvalue weighted by atomic mass is 16.4. The van der Waals surface area contributed by atoms with Gasteiger partial charge in [-0.05, 0) is 44.2 Å². The summed E-state index contributed by atoms with van der Waals surface area (Å²) >= 11 is 0. The van der Waals surface area contributed by atoms with E-state index in [0.29, 0.717) is 11.6 Å². The summed E-state index contributed by atoms with van der Waals surface area (Å²) in [6.45, 7) is 8.07. The van der Waals surface area contributed by atoms with Crippen molar-refractivity contribution in [1.29, 1.82) is 0 Å². The lowest BCUT2D eigenvalue weighted by atomic mass is 10.00. The van der Waals surface area contributed by atoms with Gasteiger partial charge in [-0.15, -0.1) is 0 Å². The highest BCUT2D eigenvalue weighted by Crippen LogP contribution is 2.26. The number of piperidine rings is 1. The van der Waals surface area contributed by atoms with Crippen LogP contribution in [0.4, 0.5) is 5.69 Å². The van der Waals surface area contributed by atoms with Gasteiger partial charge in [0, 0.05) is 19.3 Å². The van der Waals surface area contributed by atoms with Gasteiger partial charge >= 0.3 is 5.97 Å².